The summed E-state index contributed by atoms with van der Waals surface area (Å²) >= 11 is 1.63. The van der Waals surface area contributed by atoms with E-state index in [0.29, 0.717) is 12.1 Å². The molecular weight excluding hydrogens is 420 g/mol. The Bertz CT molecular complexity index is 1220. The third-order valence-electron chi connectivity index (χ3n) is 6.13. The summed E-state index contributed by atoms with van der Waals surface area (Å²) in [6.07, 6.45) is 6.98. The number of carbonyl (C=O) groups is 1. The molecule has 0 saturated carbocycles. The third kappa shape index (κ3) is 4.36. The predicted molar refractivity (Wildman–Crippen MR) is 130 cm³/mol. The lowest BCUT2D eigenvalue weighted by atomic mass is 10.1. The average molecular weight is 449 g/mol. The van der Waals surface area contributed by atoms with Gasteiger partial charge in [-0.3, -0.25) is 9.20 Å². The van der Waals surface area contributed by atoms with E-state index in [0.717, 1.165) is 45.1 Å². The molecule has 5 rings (SSSR count). The molecular formula is C25H28N4O2S. The lowest BCUT2D eigenvalue weighted by molar-refractivity contribution is 0.0951. The summed E-state index contributed by atoms with van der Waals surface area (Å²) in [6.45, 7) is 4.16. The van der Waals surface area contributed by atoms with Crippen LogP contribution < -0.4 is 10.1 Å². The van der Waals surface area contributed by atoms with E-state index in [9.17, 15) is 4.79 Å². The molecule has 2 aromatic carbocycles. The first-order valence-electron chi connectivity index (χ1n) is 11.3. The monoisotopic (exact) mass is 448 g/mol. The van der Waals surface area contributed by atoms with E-state index in [1.807, 2.05) is 48.7 Å². The maximum atomic E-state index is 12.7. The van der Waals surface area contributed by atoms with Crippen LogP contribution in [0, 0.1) is 0 Å². The fourth-order valence-corrected chi connectivity index (χ4v) is 5.32. The summed E-state index contributed by atoms with van der Waals surface area (Å²) in [5, 5.41) is 3.09. The number of amides is 1. The van der Waals surface area contributed by atoms with Crippen LogP contribution >= 0.6 is 11.3 Å². The van der Waals surface area contributed by atoms with Gasteiger partial charge in [0.1, 0.15) is 5.75 Å². The van der Waals surface area contributed by atoms with Crippen LogP contribution in [0.1, 0.15) is 36.0 Å². The topological polar surface area (TPSA) is 58.9 Å². The molecule has 1 aliphatic rings. The van der Waals surface area contributed by atoms with Gasteiger partial charge in [0.05, 0.1) is 23.0 Å². The molecule has 1 fully saturated rings. The van der Waals surface area contributed by atoms with Gasteiger partial charge in [-0.05, 0) is 81.4 Å². The molecule has 4 aromatic rings. The van der Waals surface area contributed by atoms with Crippen molar-refractivity contribution in [3.63, 3.8) is 0 Å². The van der Waals surface area contributed by atoms with Gasteiger partial charge < -0.3 is 15.0 Å². The molecule has 2 aromatic heterocycles. The molecule has 0 spiro atoms. The van der Waals surface area contributed by atoms with Gasteiger partial charge >= 0.3 is 0 Å². The zero-order valence-corrected chi connectivity index (χ0v) is 19.2. The Morgan fingerprint density at radius 3 is 2.72 bits per heavy atom. The van der Waals surface area contributed by atoms with Gasteiger partial charge in [0.15, 0.2) is 4.96 Å². The second-order valence-electron chi connectivity index (χ2n) is 8.30. The fourth-order valence-electron chi connectivity index (χ4n) is 4.33. The minimum absolute atomic E-state index is 0.0135. The lowest BCUT2D eigenvalue weighted by Gasteiger charge is -2.26. The van der Waals surface area contributed by atoms with Gasteiger partial charge in [-0.25, -0.2) is 4.98 Å². The molecule has 166 valence electrons. The Balaban J connectivity index is 1.29. The number of imidazole rings is 1. The normalized spacial score (nSPS) is 14.8. The SMILES string of the molecule is COc1ccc(-c2cn3c(n2)sc2ccc(C(=O)NCCCN4CCCCC4)cc23)cc1. The highest BCUT2D eigenvalue weighted by molar-refractivity contribution is 7.23. The van der Waals surface area contributed by atoms with Crippen molar-refractivity contribution in [2.24, 2.45) is 0 Å². The number of hydrogen-bond donors (Lipinski definition) is 1. The van der Waals surface area contributed by atoms with Crippen molar-refractivity contribution in [2.75, 3.05) is 33.3 Å². The van der Waals surface area contributed by atoms with Crippen LogP contribution in [0.4, 0.5) is 0 Å². The number of carbonyl (C=O) groups excluding carboxylic acids is 1. The molecule has 1 saturated heterocycles. The molecule has 0 bridgehead atoms. The number of piperidine rings is 1. The van der Waals surface area contributed by atoms with Crippen LogP contribution in [0.15, 0.2) is 48.7 Å². The van der Waals surface area contributed by atoms with E-state index in [1.54, 1.807) is 18.4 Å². The second-order valence-corrected chi connectivity index (χ2v) is 9.31. The largest absolute Gasteiger partial charge is 0.497 e. The van der Waals surface area contributed by atoms with Crippen LogP contribution in [-0.4, -0.2) is 53.5 Å². The number of aromatic nitrogens is 2. The molecule has 0 atom stereocenters. The Kier molecular flexibility index (Phi) is 6.10. The number of benzene rings is 2. The summed E-state index contributed by atoms with van der Waals surface area (Å²) in [6, 6.07) is 13.8. The average Bonchev–Trinajstić information content (AvgIpc) is 3.40. The van der Waals surface area contributed by atoms with Crippen LogP contribution in [-0.2, 0) is 0 Å². The van der Waals surface area contributed by atoms with Crippen molar-refractivity contribution < 1.29 is 9.53 Å². The first-order chi connectivity index (χ1) is 15.7. The van der Waals surface area contributed by atoms with Gasteiger partial charge in [0.2, 0.25) is 0 Å². The number of rotatable bonds is 7. The predicted octanol–water partition coefficient (Wildman–Crippen LogP) is 4.83. The molecule has 7 heteroatoms. The number of likely N-dealkylation sites (tertiary alicyclic amines) is 1. The number of nitrogens with one attached hydrogen (secondary N) is 1. The maximum Gasteiger partial charge on any atom is 0.251 e. The number of nitrogens with zero attached hydrogens (tertiary/aromatic N) is 3. The van der Waals surface area contributed by atoms with Crippen molar-refractivity contribution in [3.05, 3.63) is 54.2 Å². The first-order valence-corrected chi connectivity index (χ1v) is 12.1. The highest BCUT2D eigenvalue weighted by Gasteiger charge is 2.14. The molecule has 1 N–H and O–H groups in total. The molecule has 3 heterocycles. The fraction of sp³-hybridized carbons (Fsp3) is 0.360. The van der Waals surface area contributed by atoms with Gasteiger partial charge in [0, 0.05) is 23.9 Å². The summed E-state index contributed by atoms with van der Waals surface area (Å²) in [4.78, 5) is 20.9. The van der Waals surface area contributed by atoms with Gasteiger partial charge in [-0.2, -0.15) is 0 Å². The van der Waals surface area contributed by atoms with Crippen molar-refractivity contribution >= 4 is 32.4 Å². The summed E-state index contributed by atoms with van der Waals surface area (Å²) in [7, 11) is 1.66. The number of methoxy groups -OCH3 is 1. The van der Waals surface area contributed by atoms with Crippen molar-refractivity contribution in [1.29, 1.82) is 0 Å². The van der Waals surface area contributed by atoms with E-state index in [-0.39, 0.29) is 5.91 Å². The van der Waals surface area contributed by atoms with Crippen LogP contribution in [0.5, 0.6) is 5.75 Å². The lowest BCUT2D eigenvalue weighted by Crippen LogP contribution is -2.33. The molecule has 0 radical (unpaired) electrons. The smallest absolute Gasteiger partial charge is 0.251 e. The molecule has 32 heavy (non-hydrogen) atoms. The molecule has 1 amide bonds. The van der Waals surface area contributed by atoms with Crippen molar-refractivity contribution in [2.45, 2.75) is 25.7 Å². The van der Waals surface area contributed by atoms with Crippen LogP contribution in [0.2, 0.25) is 0 Å². The molecule has 6 nitrogen and oxygen atoms in total. The van der Waals surface area contributed by atoms with Gasteiger partial charge in [-0.15, -0.1) is 0 Å². The van der Waals surface area contributed by atoms with E-state index in [4.69, 9.17) is 9.72 Å². The van der Waals surface area contributed by atoms with E-state index < -0.39 is 0 Å². The molecule has 1 aliphatic heterocycles. The van der Waals surface area contributed by atoms with Crippen LogP contribution in [0.3, 0.4) is 0 Å². The Morgan fingerprint density at radius 1 is 1.12 bits per heavy atom. The zero-order valence-electron chi connectivity index (χ0n) is 18.3. The van der Waals surface area contributed by atoms with E-state index in [2.05, 4.69) is 14.6 Å². The maximum absolute atomic E-state index is 12.7. The minimum atomic E-state index is -0.0135. The number of fused-ring (bicyclic) bond motifs is 3. The van der Waals surface area contributed by atoms with E-state index in [1.165, 1.54) is 32.4 Å². The highest BCUT2D eigenvalue weighted by Crippen LogP contribution is 2.30. The van der Waals surface area contributed by atoms with Crippen molar-refractivity contribution in [3.8, 4) is 17.0 Å². The summed E-state index contributed by atoms with van der Waals surface area (Å²) < 4.78 is 8.44. The standard InChI is InChI=1S/C25H28N4O2S/c1-31-20-9-6-18(7-10-20)21-17-29-22-16-19(8-11-23(22)32-25(29)27-21)24(30)26-12-5-15-28-13-3-2-4-14-28/h6-11,16-17H,2-5,12-15H2,1H3,(H,26,30). The third-order valence-corrected chi connectivity index (χ3v) is 7.16. The quantitative estimate of drug-likeness (QED) is 0.412. The Hall–Kier alpha value is -2.90. The second kappa shape index (κ2) is 9.30. The van der Waals surface area contributed by atoms with Gasteiger partial charge in [0.25, 0.3) is 5.91 Å². The highest BCUT2D eigenvalue weighted by atomic mass is 32.1. The van der Waals surface area contributed by atoms with Crippen molar-refractivity contribution in [1.82, 2.24) is 19.6 Å². The molecule has 0 unspecified atom stereocenters. The summed E-state index contributed by atoms with van der Waals surface area (Å²) in [5.74, 6) is 0.812. The number of thiazole rings is 1. The number of ether oxygens (including phenoxy) is 1. The van der Waals surface area contributed by atoms with E-state index >= 15 is 0 Å². The minimum Gasteiger partial charge on any atom is -0.497 e. The summed E-state index contributed by atoms with van der Waals surface area (Å²) in [5.41, 5.74) is 3.65. The zero-order chi connectivity index (χ0) is 21.9. The number of hydrogen-bond acceptors (Lipinski definition) is 5. The molecule has 0 aliphatic carbocycles. The van der Waals surface area contributed by atoms with Gasteiger partial charge in [-0.1, -0.05) is 17.8 Å². The Labute approximate surface area is 191 Å². The first kappa shape index (κ1) is 21.0. The Morgan fingerprint density at radius 2 is 1.94 bits per heavy atom. The van der Waals surface area contributed by atoms with Crippen LogP contribution in [0.25, 0.3) is 26.4 Å².